The van der Waals surface area contributed by atoms with Crippen LogP contribution in [0, 0.1) is 11.7 Å². The van der Waals surface area contributed by atoms with Crippen molar-refractivity contribution in [2.45, 2.75) is 26.8 Å². The lowest BCUT2D eigenvalue weighted by Gasteiger charge is -2.04. The predicted octanol–water partition coefficient (Wildman–Crippen LogP) is 3.62. The molecule has 1 N–H and O–H groups in total. The number of nitrogens with one attached hydrogen (secondary N) is 1. The Balaban J connectivity index is 1.90. The summed E-state index contributed by atoms with van der Waals surface area (Å²) in [5.74, 6) is 0.465. The van der Waals surface area contributed by atoms with E-state index in [1.807, 2.05) is 12.3 Å². The number of hydrogen-bond acceptors (Lipinski definition) is 3. The van der Waals surface area contributed by atoms with Crippen LogP contribution >= 0.6 is 11.3 Å². The van der Waals surface area contributed by atoms with Gasteiger partial charge in [-0.15, -0.1) is 11.3 Å². The van der Waals surface area contributed by atoms with Gasteiger partial charge in [0.2, 0.25) is 0 Å². The molecule has 0 bridgehead atoms. The molecule has 0 spiro atoms. The van der Waals surface area contributed by atoms with Crippen LogP contribution in [0.15, 0.2) is 30.5 Å². The zero-order valence-corrected chi connectivity index (χ0v) is 12.1. The lowest BCUT2D eigenvalue weighted by Crippen LogP contribution is -2.18. The minimum Gasteiger partial charge on any atom is -0.312 e. The lowest BCUT2D eigenvalue weighted by molar-refractivity contribution is 0.554. The highest BCUT2D eigenvalue weighted by molar-refractivity contribution is 7.11. The highest BCUT2D eigenvalue weighted by Crippen LogP contribution is 2.17. The molecule has 2 nitrogen and oxygen atoms in total. The number of hydrogen-bond donors (Lipinski definition) is 1. The maximum atomic E-state index is 13.1. The molecule has 0 unspecified atom stereocenters. The Morgan fingerprint density at radius 1 is 1.37 bits per heavy atom. The number of aromatic nitrogens is 1. The smallest absolute Gasteiger partial charge is 0.123 e. The molecule has 0 fully saturated rings. The second-order valence-electron chi connectivity index (χ2n) is 5.05. The Labute approximate surface area is 117 Å². The summed E-state index contributed by atoms with van der Waals surface area (Å²) in [5, 5.41) is 4.43. The molecule has 0 amide bonds. The summed E-state index contributed by atoms with van der Waals surface area (Å²) in [6.07, 6.45) is 2.61. The highest BCUT2D eigenvalue weighted by Gasteiger charge is 2.04. The average molecular weight is 278 g/mol. The van der Waals surface area contributed by atoms with Crippen LogP contribution in [0.25, 0.3) is 0 Å². The van der Waals surface area contributed by atoms with E-state index >= 15 is 0 Å². The van der Waals surface area contributed by atoms with E-state index in [0.717, 1.165) is 23.7 Å². The van der Waals surface area contributed by atoms with Crippen molar-refractivity contribution in [3.63, 3.8) is 0 Å². The van der Waals surface area contributed by atoms with Crippen molar-refractivity contribution in [2.75, 3.05) is 6.54 Å². The zero-order chi connectivity index (χ0) is 13.7. The molecule has 0 atom stereocenters. The maximum absolute atomic E-state index is 13.1. The molecule has 1 aromatic heterocycles. The first-order valence-corrected chi connectivity index (χ1v) is 7.34. The van der Waals surface area contributed by atoms with Crippen molar-refractivity contribution in [3.05, 3.63) is 51.7 Å². The third-order valence-electron chi connectivity index (χ3n) is 2.70. The zero-order valence-electron chi connectivity index (χ0n) is 11.3. The Morgan fingerprint density at radius 2 is 2.21 bits per heavy atom. The van der Waals surface area contributed by atoms with Gasteiger partial charge in [-0.25, -0.2) is 9.37 Å². The van der Waals surface area contributed by atoms with Gasteiger partial charge in [-0.05, 0) is 30.2 Å². The van der Waals surface area contributed by atoms with Gasteiger partial charge in [0.25, 0.3) is 0 Å². The highest BCUT2D eigenvalue weighted by atomic mass is 32.1. The normalized spacial score (nSPS) is 11.2. The lowest BCUT2D eigenvalue weighted by atomic mass is 10.1. The van der Waals surface area contributed by atoms with Gasteiger partial charge in [-0.1, -0.05) is 26.0 Å². The Kier molecular flexibility index (Phi) is 5.05. The van der Waals surface area contributed by atoms with Crippen LogP contribution in [0.2, 0.25) is 0 Å². The fourth-order valence-corrected chi connectivity index (χ4v) is 2.74. The molecule has 19 heavy (non-hydrogen) atoms. The second kappa shape index (κ2) is 6.78. The van der Waals surface area contributed by atoms with Gasteiger partial charge in [0.15, 0.2) is 0 Å². The summed E-state index contributed by atoms with van der Waals surface area (Å²) in [6, 6.07) is 6.70. The van der Waals surface area contributed by atoms with E-state index in [0.29, 0.717) is 12.3 Å². The molecule has 0 aliphatic rings. The predicted molar refractivity (Wildman–Crippen MR) is 77.9 cm³/mol. The van der Waals surface area contributed by atoms with Crippen molar-refractivity contribution < 1.29 is 4.39 Å². The van der Waals surface area contributed by atoms with Gasteiger partial charge in [0.1, 0.15) is 5.82 Å². The molecule has 0 aliphatic carbocycles. The van der Waals surface area contributed by atoms with E-state index in [2.05, 4.69) is 24.1 Å². The quantitative estimate of drug-likeness (QED) is 0.873. The molecular weight excluding hydrogens is 259 g/mol. The van der Waals surface area contributed by atoms with E-state index in [1.54, 1.807) is 23.5 Å². The van der Waals surface area contributed by atoms with E-state index < -0.39 is 0 Å². The fraction of sp³-hybridized carbons (Fsp3) is 0.400. The Bertz CT molecular complexity index is 522. The first-order chi connectivity index (χ1) is 9.13. The number of benzene rings is 1. The van der Waals surface area contributed by atoms with Crippen molar-refractivity contribution in [2.24, 2.45) is 5.92 Å². The number of halogens is 1. The molecular formula is C15H19FN2S. The molecule has 4 heteroatoms. The topological polar surface area (TPSA) is 24.9 Å². The van der Waals surface area contributed by atoms with E-state index in [4.69, 9.17) is 0 Å². The molecule has 1 heterocycles. The summed E-state index contributed by atoms with van der Waals surface area (Å²) >= 11 is 1.69. The van der Waals surface area contributed by atoms with E-state index in [9.17, 15) is 4.39 Å². The second-order valence-corrected chi connectivity index (χ2v) is 6.25. The van der Waals surface area contributed by atoms with Gasteiger partial charge >= 0.3 is 0 Å². The van der Waals surface area contributed by atoms with Crippen LogP contribution < -0.4 is 5.32 Å². The molecule has 1 aromatic carbocycles. The molecule has 102 valence electrons. The van der Waals surface area contributed by atoms with E-state index in [-0.39, 0.29) is 5.82 Å². The number of nitrogens with zero attached hydrogens (tertiary/aromatic N) is 1. The van der Waals surface area contributed by atoms with Crippen LogP contribution in [-0.4, -0.2) is 11.5 Å². The number of rotatable bonds is 6. The van der Waals surface area contributed by atoms with Crippen LogP contribution in [0.1, 0.15) is 29.3 Å². The molecule has 2 aromatic rings. The first-order valence-electron chi connectivity index (χ1n) is 6.52. The van der Waals surface area contributed by atoms with Gasteiger partial charge in [0.05, 0.1) is 5.01 Å². The van der Waals surface area contributed by atoms with Crippen molar-refractivity contribution in [3.8, 4) is 0 Å². The fourth-order valence-electron chi connectivity index (χ4n) is 1.82. The Hall–Kier alpha value is -1.26. The molecule has 0 radical (unpaired) electrons. The summed E-state index contributed by atoms with van der Waals surface area (Å²) in [4.78, 5) is 5.62. The maximum Gasteiger partial charge on any atom is 0.123 e. The van der Waals surface area contributed by atoms with Crippen LogP contribution in [0.4, 0.5) is 4.39 Å². The largest absolute Gasteiger partial charge is 0.312 e. The standard InChI is InChI=1S/C15H19FN2S/c1-11(2)8-17-9-14-10-18-15(19-14)7-12-4-3-5-13(16)6-12/h3-6,10-11,17H,7-9H2,1-2H3. The summed E-state index contributed by atoms with van der Waals surface area (Å²) in [5.41, 5.74) is 0.969. The minimum absolute atomic E-state index is 0.187. The monoisotopic (exact) mass is 278 g/mol. The van der Waals surface area contributed by atoms with Gasteiger partial charge in [-0.3, -0.25) is 0 Å². The van der Waals surface area contributed by atoms with Gasteiger partial charge in [-0.2, -0.15) is 0 Å². The van der Waals surface area contributed by atoms with E-state index in [1.165, 1.54) is 10.9 Å². The first kappa shape index (κ1) is 14.2. The van der Waals surface area contributed by atoms with Crippen LogP contribution in [0.5, 0.6) is 0 Å². The molecule has 2 rings (SSSR count). The minimum atomic E-state index is -0.187. The Morgan fingerprint density at radius 3 is 2.95 bits per heavy atom. The molecule has 0 saturated heterocycles. The van der Waals surface area contributed by atoms with Crippen molar-refractivity contribution in [1.82, 2.24) is 10.3 Å². The van der Waals surface area contributed by atoms with Gasteiger partial charge in [0, 0.05) is 24.0 Å². The van der Waals surface area contributed by atoms with Gasteiger partial charge < -0.3 is 5.32 Å². The molecule has 0 aliphatic heterocycles. The van der Waals surface area contributed by atoms with Crippen LogP contribution in [0.3, 0.4) is 0 Å². The van der Waals surface area contributed by atoms with Crippen LogP contribution in [-0.2, 0) is 13.0 Å². The SMILES string of the molecule is CC(C)CNCc1cnc(Cc2cccc(F)c2)s1. The summed E-state index contributed by atoms with van der Waals surface area (Å²) in [6.45, 7) is 6.25. The number of thiazole rings is 1. The molecule has 0 saturated carbocycles. The van der Waals surface area contributed by atoms with Crippen molar-refractivity contribution >= 4 is 11.3 Å². The third-order valence-corrected chi connectivity index (χ3v) is 3.69. The van der Waals surface area contributed by atoms with Crippen molar-refractivity contribution in [1.29, 1.82) is 0 Å². The third kappa shape index (κ3) is 4.73. The summed E-state index contributed by atoms with van der Waals surface area (Å²) in [7, 11) is 0. The average Bonchev–Trinajstić information content (AvgIpc) is 2.76. The summed E-state index contributed by atoms with van der Waals surface area (Å²) < 4.78 is 13.1.